The van der Waals surface area contributed by atoms with Crippen LogP contribution >= 0.6 is 0 Å². The number of nitrogens with two attached hydrogens (primary N) is 1. The minimum absolute atomic E-state index is 1.34. The van der Waals surface area contributed by atoms with Gasteiger partial charge >= 0.3 is 41.7 Å². The van der Waals surface area contributed by atoms with Gasteiger partial charge in [-0.15, -0.1) is 0 Å². The molecule has 0 bridgehead atoms. The molecule has 0 atom stereocenters. The van der Waals surface area contributed by atoms with Crippen molar-refractivity contribution in [2.75, 3.05) is 7.05 Å². The van der Waals surface area contributed by atoms with Gasteiger partial charge in [-0.25, -0.2) is 0 Å². The minimum atomic E-state index is -1.34. The first-order chi connectivity index (χ1) is 4.18. The van der Waals surface area contributed by atoms with Crippen LogP contribution in [0.3, 0.4) is 0 Å². The number of azide groups is 1. The van der Waals surface area contributed by atoms with Gasteiger partial charge in [0.25, 0.3) is 0 Å². The van der Waals surface area contributed by atoms with E-state index in [1.807, 2.05) is 11.0 Å². The monoisotopic (exact) mass is 187 g/mol. The van der Waals surface area contributed by atoms with Crippen molar-refractivity contribution in [3.8, 4) is 0 Å². The number of nitrogens with zero attached hydrogens (tertiary/aromatic N) is 3. The molecule has 0 saturated carbocycles. The van der Waals surface area contributed by atoms with E-state index in [0.29, 0.717) is 0 Å². The van der Waals surface area contributed by atoms with Crippen molar-refractivity contribution < 1.29 is 0 Å². The summed E-state index contributed by atoms with van der Waals surface area (Å²) in [6.45, 7) is 0. The van der Waals surface area contributed by atoms with E-state index in [-0.39, 0.29) is 0 Å². The van der Waals surface area contributed by atoms with Crippen molar-refractivity contribution in [1.82, 2.24) is 5.43 Å². The molecule has 52 valence electrons. The molecule has 0 amide bonds. The first kappa shape index (κ1) is 11.6. The van der Waals surface area contributed by atoms with Gasteiger partial charge in [0.05, 0.1) is 0 Å². The van der Waals surface area contributed by atoms with Crippen LogP contribution in [-0.2, 0) is 0 Å². The second kappa shape index (κ2) is 10.8. The third-order valence-electron chi connectivity index (χ3n) is 0.283. The summed E-state index contributed by atoms with van der Waals surface area (Å²) in [5.74, 6) is 4.60. The fourth-order valence-corrected chi connectivity index (χ4v) is 0.537. The van der Waals surface area contributed by atoms with Gasteiger partial charge in [-0.05, 0) is 7.05 Å². The Bertz CT molecular complexity index is 86.2. The fraction of sp³-hybridized carbons (Fsp3) is 1.00. The first-order valence-electron chi connectivity index (χ1n) is 2.60. The van der Waals surface area contributed by atoms with Crippen LogP contribution in [-0.4, -0.2) is 23.5 Å². The third kappa shape index (κ3) is 32.9. The Labute approximate surface area is 60.5 Å². The molecule has 0 aliphatic rings. The molecular weight excluding hydrogens is 176 g/mol. The van der Waals surface area contributed by atoms with E-state index in [1.165, 1.54) is 0 Å². The van der Waals surface area contributed by atoms with E-state index in [2.05, 4.69) is 20.0 Å². The summed E-state index contributed by atoms with van der Waals surface area (Å²) in [4.78, 5) is 2.64. The standard InChI is InChI=1S/CH6N2.2CH3.Ga.N3/c1-3-2;;;;1-3-2/h3H,2H2,1H3;2*1H3;;/q;;;+1;-1. The van der Waals surface area contributed by atoms with Gasteiger partial charge in [0.15, 0.2) is 0 Å². The topological polar surface area (TPSA) is 86.8 Å². The van der Waals surface area contributed by atoms with Crippen molar-refractivity contribution in [3.05, 3.63) is 10.4 Å². The second-order valence-electron chi connectivity index (χ2n) is 1.59. The number of hydrogen-bond donors (Lipinski definition) is 2. The van der Waals surface area contributed by atoms with Gasteiger partial charge < -0.3 is 0 Å². The summed E-state index contributed by atoms with van der Waals surface area (Å²) in [5.41, 5.74) is 14.0. The summed E-state index contributed by atoms with van der Waals surface area (Å²) in [6.07, 6.45) is 0. The Morgan fingerprint density at radius 2 is 2.00 bits per heavy atom. The van der Waals surface area contributed by atoms with Crippen LogP contribution in [0.15, 0.2) is 3.82 Å². The van der Waals surface area contributed by atoms with Crippen LogP contribution in [0, 0.1) is 0 Å². The van der Waals surface area contributed by atoms with Crippen LogP contribution < -0.4 is 11.3 Å². The molecule has 0 aromatic rings. The average Bonchev–Trinajstić information content (AvgIpc) is 1.67. The maximum absolute atomic E-state index is 7.74. The summed E-state index contributed by atoms with van der Waals surface area (Å²) in [7, 11) is 1.65. The number of hydrogen-bond acceptors (Lipinski definition) is 3. The quantitative estimate of drug-likeness (QED) is 0.158. The van der Waals surface area contributed by atoms with Gasteiger partial charge in [-0.1, -0.05) is 0 Å². The number of rotatable bonds is 1. The maximum atomic E-state index is 7.74. The van der Waals surface area contributed by atoms with E-state index in [9.17, 15) is 0 Å². The summed E-state index contributed by atoms with van der Waals surface area (Å²) in [6, 6.07) is 0. The Hall–Kier alpha value is -0.134. The Kier molecular flexibility index (Phi) is 13.9. The molecule has 0 unspecified atom stereocenters. The predicted molar refractivity (Wildman–Crippen MR) is 39.9 cm³/mol. The zero-order valence-electron chi connectivity index (χ0n) is 6.00. The van der Waals surface area contributed by atoms with Crippen molar-refractivity contribution in [3.63, 3.8) is 0 Å². The zero-order chi connectivity index (χ0) is 7.70. The summed E-state index contributed by atoms with van der Waals surface area (Å²) in [5, 5.41) is 0. The second-order valence-corrected chi connectivity index (χ2v) is 6.66. The van der Waals surface area contributed by atoms with Crippen LogP contribution in [0.4, 0.5) is 0 Å². The molecule has 0 rings (SSSR count). The van der Waals surface area contributed by atoms with Crippen LogP contribution in [0.2, 0.25) is 11.0 Å². The SMILES string of the molecule is CNN.[CH3][Ga]([CH3])[N]=[N+]=[N-]. The summed E-state index contributed by atoms with van der Waals surface area (Å²) < 4.78 is 3.49. The Balaban J connectivity index is 0. The van der Waals surface area contributed by atoms with E-state index in [4.69, 9.17) is 5.53 Å². The van der Waals surface area contributed by atoms with Crippen molar-refractivity contribution >= 4 is 16.5 Å². The van der Waals surface area contributed by atoms with E-state index in [1.54, 1.807) is 7.05 Å². The molecule has 0 saturated heterocycles. The molecular formula is C3H12GaN5. The molecule has 5 nitrogen and oxygen atoms in total. The Morgan fingerprint density at radius 3 is 2.00 bits per heavy atom. The zero-order valence-corrected chi connectivity index (χ0v) is 8.42. The molecule has 9 heavy (non-hydrogen) atoms. The van der Waals surface area contributed by atoms with Gasteiger partial charge in [0.1, 0.15) is 0 Å². The van der Waals surface area contributed by atoms with E-state index >= 15 is 0 Å². The van der Waals surface area contributed by atoms with Crippen molar-refractivity contribution in [2.24, 2.45) is 9.66 Å². The van der Waals surface area contributed by atoms with Crippen molar-refractivity contribution in [1.29, 1.82) is 0 Å². The van der Waals surface area contributed by atoms with Crippen LogP contribution in [0.25, 0.3) is 10.4 Å². The van der Waals surface area contributed by atoms with Gasteiger partial charge in [0, 0.05) is 0 Å². The predicted octanol–water partition coefficient (Wildman–Crippen LogP) is 0.627. The van der Waals surface area contributed by atoms with Gasteiger partial charge in [-0.2, -0.15) is 0 Å². The van der Waals surface area contributed by atoms with Gasteiger partial charge in [-0.3, -0.25) is 11.3 Å². The fourth-order valence-electron chi connectivity index (χ4n) is 0.103. The van der Waals surface area contributed by atoms with Crippen LogP contribution in [0.1, 0.15) is 0 Å². The molecule has 0 heterocycles. The molecule has 0 fully saturated rings. The molecule has 0 aliphatic carbocycles. The van der Waals surface area contributed by atoms with E-state index < -0.39 is 16.5 Å². The molecule has 0 radical (unpaired) electrons. The van der Waals surface area contributed by atoms with Crippen LogP contribution in [0.5, 0.6) is 0 Å². The molecule has 3 N–H and O–H groups in total. The average molecular weight is 188 g/mol. The summed E-state index contributed by atoms with van der Waals surface area (Å²) >= 11 is -1.34. The molecule has 0 spiro atoms. The number of hydrazine groups is 1. The molecule has 0 aliphatic heterocycles. The molecule has 6 heteroatoms. The molecule has 0 aromatic carbocycles. The first-order valence-corrected chi connectivity index (χ1v) is 8.53. The number of nitrogens with one attached hydrogen (secondary N) is 1. The normalized spacial score (nSPS) is 6.22. The molecule has 0 aromatic heterocycles. The Morgan fingerprint density at radius 1 is 1.67 bits per heavy atom. The third-order valence-corrected chi connectivity index (χ3v) is 1.47. The van der Waals surface area contributed by atoms with Crippen molar-refractivity contribution in [2.45, 2.75) is 11.0 Å². The van der Waals surface area contributed by atoms with E-state index in [0.717, 1.165) is 0 Å². The van der Waals surface area contributed by atoms with Gasteiger partial charge in [0.2, 0.25) is 0 Å².